The number of hydrogen-bond acceptors (Lipinski definition) is 3. The first-order valence-corrected chi connectivity index (χ1v) is 7.85. The van der Waals surface area contributed by atoms with E-state index in [4.69, 9.17) is 9.47 Å². The highest BCUT2D eigenvalue weighted by Gasteiger charge is 2.27. The number of amides is 1. The molecule has 1 N–H and O–H groups in total. The molecule has 1 saturated heterocycles. The van der Waals surface area contributed by atoms with Crippen molar-refractivity contribution >= 4 is 5.91 Å². The smallest absolute Gasteiger partial charge is 0.252 e. The van der Waals surface area contributed by atoms with Crippen LogP contribution in [-0.2, 0) is 9.47 Å². The third-order valence-electron chi connectivity index (χ3n) is 4.17. The Hall–Kier alpha value is -2.17. The van der Waals surface area contributed by atoms with E-state index in [2.05, 4.69) is 5.32 Å². The van der Waals surface area contributed by atoms with Crippen LogP contribution >= 0.6 is 0 Å². The number of ether oxygens (including phenoxy) is 2. The molecule has 1 aliphatic rings. The average Bonchev–Trinajstić information content (AvgIpc) is 2.63. The summed E-state index contributed by atoms with van der Waals surface area (Å²) in [4.78, 5) is 12.7. The Bertz CT molecular complexity index is 657. The van der Waals surface area contributed by atoms with E-state index in [-0.39, 0.29) is 18.1 Å². The summed E-state index contributed by atoms with van der Waals surface area (Å²) in [5, 5.41) is 3.06. The van der Waals surface area contributed by atoms with Gasteiger partial charge in [0, 0.05) is 19.3 Å². The zero-order valence-electron chi connectivity index (χ0n) is 13.2. The Balaban J connectivity index is 1.83. The van der Waals surface area contributed by atoms with Gasteiger partial charge in [0.1, 0.15) is 0 Å². The van der Waals surface area contributed by atoms with Crippen molar-refractivity contribution < 1.29 is 14.3 Å². The van der Waals surface area contributed by atoms with E-state index in [1.807, 2.05) is 54.6 Å². The molecular formula is C19H21NO3. The minimum atomic E-state index is -0.120. The summed E-state index contributed by atoms with van der Waals surface area (Å²) in [6.45, 7) is 1.16. The number of carbonyl (C=O) groups is 1. The third-order valence-corrected chi connectivity index (χ3v) is 4.17. The Kier molecular flexibility index (Phi) is 5.05. The van der Waals surface area contributed by atoms with Gasteiger partial charge in [-0.3, -0.25) is 4.79 Å². The number of nitrogens with one attached hydrogen (secondary N) is 1. The normalized spacial score (nSPS) is 20.9. The quantitative estimate of drug-likeness (QED) is 0.944. The minimum Gasteiger partial charge on any atom is -0.379 e. The molecule has 0 aliphatic carbocycles. The molecule has 2 aromatic rings. The topological polar surface area (TPSA) is 47.6 Å². The number of benzene rings is 2. The van der Waals surface area contributed by atoms with Gasteiger partial charge >= 0.3 is 0 Å². The molecule has 0 saturated carbocycles. The molecule has 4 nitrogen and oxygen atoms in total. The van der Waals surface area contributed by atoms with Crippen LogP contribution in [0.4, 0.5) is 0 Å². The Morgan fingerprint density at radius 1 is 1.13 bits per heavy atom. The molecule has 120 valence electrons. The fraction of sp³-hybridized carbons (Fsp3) is 0.316. The molecule has 0 radical (unpaired) electrons. The molecule has 1 amide bonds. The average molecular weight is 311 g/mol. The van der Waals surface area contributed by atoms with E-state index in [9.17, 15) is 4.79 Å². The molecule has 1 fully saturated rings. The summed E-state index contributed by atoms with van der Waals surface area (Å²) >= 11 is 0. The fourth-order valence-electron chi connectivity index (χ4n) is 2.93. The van der Waals surface area contributed by atoms with E-state index in [1.165, 1.54) is 0 Å². The SMILES string of the molecule is CO[C@@H]1CCOC[C@H]1NC(=O)c1ccccc1-c1ccccc1. The van der Waals surface area contributed by atoms with Gasteiger partial charge in [0.05, 0.1) is 18.8 Å². The predicted octanol–water partition coefficient (Wildman–Crippen LogP) is 2.89. The Labute approximate surface area is 136 Å². The highest BCUT2D eigenvalue weighted by atomic mass is 16.5. The van der Waals surface area contributed by atoms with Crippen molar-refractivity contribution in [2.24, 2.45) is 0 Å². The van der Waals surface area contributed by atoms with Crippen LogP contribution < -0.4 is 5.32 Å². The van der Waals surface area contributed by atoms with Crippen LogP contribution in [0.5, 0.6) is 0 Å². The van der Waals surface area contributed by atoms with Crippen LogP contribution in [0.15, 0.2) is 54.6 Å². The van der Waals surface area contributed by atoms with Crippen molar-refractivity contribution in [1.29, 1.82) is 0 Å². The lowest BCUT2D eigenvalue weighted by Crippen LogP contribution is -2.50. The van der Waals surface area contributed by atoms with Gasteiger partial charge in [-0.1, -0.05) is 48.5 Å². The number of rotatable bonds is 4. The molecule has 23 heavy (non-hydrogen) atoms. The van der Waals surface area contributed by atoms with Gasteiger partial charge in [0.2, 0.25) is 0 Å². The maximum atomic E-state index is 12.7. The highest BCUT2D eigenvalue weighted by Crippen LogP contribution is 2.23. The highest BCUT2D eigenvalue weighted by molar-refractivity contribution is 6.01. The number of methoxy groups -OCH3 is 1. The van der Waals surface area contributed by atoms with Crippen LogP contribution in [0.1, 0.15) is 16.8 Å². The van der Waals surface area contributed by atoms with E-state index in [1.54, 1.807) is 7.11 Å². The molecule has 0 bridgehead atoms. The first-order chi connectivity index (χ1) is 11.3. The Morgan fingerprint density at radius 3 is 2.65 bits per heavy atom. The van der Waals surface area contributed by atoms with E-state index in [0.29, 0.717) is 18.8 Å². The van der Waals surface area contributed by atoms with Crippen molar-refractivity contribution in [1.82, 2.24) is 5.32 Å². The molecule has 2 atom stereocenters. The van der Waals surface area contributed by atoms with E-state index in [0.717, 1.165) is 17.5 Å². The lowest BCUT2D eigenvalue weighted by Gasteiger charge is -2.31. The summed E-state index contributed by atoms with van der Waals surface area (Å²) in [6, 6.07) is 17.5. The largest absolute Gasteiger partial charge is 0.379 e. The fourth-order valence-corrected chi connectivity index (χ4v) is 2.93. The first-order valence-electron chi connectivity index (χ1n) is 7.85. The van der Waals surface area contributed by atoms with Crippen molar-refractivity contribution in [3.63, 3.8) is 0 Å². The zero-order valence-corrected chi connectivity index (χ0v) is 13.2. The van der Waals surface area contributed by atoms with Crippen LogP contribution in [0, 0.1) is 0 Å². The Morgan fingerprint density at radius 2 is 1.87 bits per heavy atom. The van der Waals surface area contributed by atoms with Gasteiger partial charge in [-0.2, -0.15) is 0 Å². The summed E-state index contributed by atoms with van der Waals surface area (Å²) in [5.74, 6) is -0.0954. The summed E-state index contributed by atoms with van der Waals surface area (Å²) in [5.41, 5.74) is 2.62. The van der Waals surface area contributed by atoms with E-state index < -0.39 is 0 Å². The minimum absolute atomic E-state index is 0.00316. The van der Waals surface area contributed by atoms with Gasteiger partial charge < -0.3 is 14.8 Å². The second-order valence-corrected chi connectivity index (χ2v) is 5.63. The van der Waals surface area contributed by atoms with E-state index >= 15 is 0 Å². The summed E-state index contributed by atoms with van der Waals surface area (Å²) in [7, 11) is 1.67. The lowest BCUT2D eigenvalue weighted by molar-refractivity contribution is -0.0349. The van der Waals surface area contributed by atoms with Gasteiger partial charge in [0.15, 0.2) is 0 Å². The second kappa shape index (κ2) is 7.40. The van der Waals surface area contributed by atoms with Gasteiger partial charge in [-0.25, -0.2) is 0 Å². The maximum absolute atomic E-state index is 12.7. The van der Waals surface area contributed by atoms with Gasteiger partial charge in [-0.15, -0.1) is 0 Å². The zero-order chi connectivity index (χ0) is 16.1. The molecule has 0 unspecified atom stereocenters. The third kappa shape index (κ3) is 3.60. The predicted molar refractivity (Wildman–Crippen MR) is 89.4 cm³/mol. The molecule has 2 aromatic carbocycles. The van der Waals surface area contributed by atoms with Crippen LogP contribution in [0.2, 0.25) is 0 Å². The monoisotopic (exact) mass is 311 g/mol. The molecular weight excluding hydrogens is 290 g/mol. The molecule has 3 rings (SSSR count). The molecule has 0 spiro atoms. The lowest BCUT2D eigenvalue weighted by atomic mass is 9.98. The van der Waals surface area contributed by atoms with Crippen LogP contribution in [0.25, 0.3) is 11.1 Å². The van der Waals surface area contributed by atoms with Crippen molar-refractivity contribution in [3.05, 3.63) is 60.2 Å². The first kappa shape index (κ1) is 15.7. The van der Waals surface area contributed by atoms with Crippen molar-refractivity contribution in [3.8, 4) is 11.1 Å². The summed E-state index contributed by atoms with van der Waals surface area (Å²) < 4.78 is 10.9. The molecule has 4 heteroatoms. The van der Waals surface area contributed by atoms with Crippen LogP contribution in [-0.4, -0.2) is 38.4 Å². The summed E-state index contributed by atoms with van der Waals surface area (Å²) in [6.07, 6.45) is 0.790. The molecule has 1 aliphatic heterocycles. The van der Waals surface area contributed by atoms with Crippen LogP contribution in [0.3, 0.4) is 0 Å². The maximum Gasteiger partial charge on any atom is 0.252 e. The van der Waals surface area contributed by atoms with Gasteiger partial charge in [-0.05, 0) is 23.6 Å². The van der Waals surface area contributed by atoms with Crippen molar-refractivity contribution in [2.45, 2.75) is 18.6 Å². The van der Waals surface area contributed by atoms with Gasteiger partial charge in [0.25, 0.3) is 5.91 Å². The number of carbonyl (C=O) groups excluding carboxylic acids is 1. The van der Waals surface area contributed by atoms with Crippen molar-refractivity contribution in [2.75, 3.05) is 20.3 Å². The standard InChI is InChI=1S/C19H21NO3/c1-22-18-11-12-23-13-17(18)20-19(21)16-10-6-5-9-15(16)14-7-3-2-4-8-14/h2-10,17-18H,11-13H2,1H3,(H,20,21)/t17-,18-/m1/s1. The number of hydrogen-bond donors (Lipinski definition) is 1. The second-order valence-electron chi connectivity index (χ2n) is 5.63. The molecule has 0 aromatic heterocycles. The molecule has 1 heterocycles.